The van der Waals surface area contributed by atoms with Crippen LogP contribution in [0.1, 0.15) is 29.1 Å². The van der Waals surface area contributed by atoms with Gasteiger partial charge in [0.15, 0.2) is 12.1 Å². The molecule has 0 atom stereocenters. The SMILES string of the molecule is CC(=O)c1ccc(C(O)O)cc1. The largest absolute Gasteiger partial charge is 0.364 e. The van der Waals surface area contributed by atoms with Gasteiger partial charge in [-0.1, -0.05) is 24.3 Å². The van der Waals surface area contributed by atoms with E-state index in [4.69, 9.17) is 10.2 Å². The van der Waals surface area contributed by atoms with Crippen LogP contribution in [0.2, 0.25) is 0 Å². The van der Waals surface area contributed by atoms with Gasteiger partial charge in [-0.15, -0.1) is 0 Å². The number of hydrogen-bond donors (Lipinski definition) is 2. The third kappa shape index (κ3) is 1.90. The van der Waals surface area contributed by atoms with Crippen LogP contribution in [0.25, 0.3) is 0 Å². The van der Waals surface area contributed by atoms with Gasteiger partial charge in [-0.3, -0.25) is 4.79 Å². The molecular formula is C9H10O3. The predicted molar refractivity (Wildman–Crippen MR) is 43.6 cm³/mol. The molecule has 0 heterocycles. The van der Waals surface area contributed by atoms with Crippen LogP contribution in [0.15, 0.2) is 24.3 Å². The Kier molecular flexibility index (Phi) is 2.58. The number of Topliss-reactive ketones (excluding diaryl/α,β-unsaturated/α-hetero) is 1. The van der Waals surface area contributed by atoms with Crippen LogP contribution >= 0.6 is 0 Å². The first-order chi connectivity index (χ1) is 5.61. The van der Waals surface area contributed by atoms with E-state index in [1.165, 1.54) is 19.1 Å². The van der Waals surface area contributed by atoms with Crippen molar-refractivity contribution in [2.24, 2.45) is 0 Å². The summed E-state index contributed by atoms with van der Waals surface area (Å²) in [4.78, 5) is 10.8. The molecule has 1 aromatic carbocycles. The predicted octanol–water partition coefficient (Wildman–Crippen LogP) is 0.872. The second kappa shape index (κ2) is 3.47. The lowest BCUT2D eigenvalue weighted by atomic mass is 10.1. The van der Waals surface area contributed by atoms with E-state index in [9.17, 15) is 4.79 Å². The van der Waals surface area contributed by atoms with Crippen LogP contribution in [-0.4, -0.2) is 16.0 Å². The quantitative estimate of drug-likeness (QED) is 0.506. The summed E-state index contributed by atoms with van der Waals surface area (Å²) in [5.41, 5.74) is 0.958. The molecule has 0 aromatic heterocycles. The van der Waals surface area contributed by atoms with E-state index in [-0.39, 0.29) is 5.78 Å². The van der Waals surface area contributed by atoms with Crippen molar-refractivity contribution in [2.75, 3.05) is 0 Å². The van der Waals surface area contributed by atoms with Crippen molar-refractivity contribution in [3.05, 3.63) is 35.4 Å². The lowest BCUT2D eigenvalue weighted by Crippen LogP contribution is -1.96. The summed E-state index contributed by atoms with van der Waals surface area (Å²) in [7, 11) is 0. The lowest BCUT2D eigenvalue weighted by molar-refractivity contribution is -0.0424. The highest BCUT2D eigenvalue weighted by Crippen LogP contribution is 2.10. The number of benzene rings is 1. The summed E-state index contributed by atoms with van der Waals surface area (Å²) in [6, 6.07) is 6.16. The number of aliphatic hydroxyl groups excluding tert-OH is 1. The lowest BCUT2D eigenvalue weighted by Gasteiger charge is -2.03. The van der Waals surface area contributed by atoms with Crippen LogP contribution < -0.4 is 0 Å². The fourth-order valence-corrected chi connectivity index (χ4v) is 0.890. The molecule has 0 radical (unpaired) electrons. The monoisotopic (exact) mass is 166 g/mol. The molecule has 3 nitrogen and oxygen atoms in total. The van der Waals surface area contributed by atoms with E-state index in [1.54, 1.807) is 12.1 Å². The van der Waals surface area contributed by atoms with Gasteiger partial charge in [0, 0.05) is 11.1 Å². The third-order valence-corrected chi connectivity index (χ3v) is 1.62. The van der Waals surface area contributed by atoms with Crippen molar-refractivity contribution in [3.63, 3.8) is 0 Å². The molecule has 3 heteroatoms. The Morgan fingerprint density at radius 3 is 2.08 bits per heavy atom. The molecule has 0 fully saturated rings. The summed E-state index contributed by atoms with van der Waals surface area (Å²) in [5, 5.41) is 17.4. The molecule has 2 N–H and O–H groups in total. The van der Waals surface area contributed by atoms with E-state index in [0.29, 0.717) is 11.1 Å². The smallest absolute Gasteiger partial charge is 0.178 e. The van der Waals surface area contributed by atoms with Crippen LogP contribution in [0.4, 0.5) is 0 Å². The Morgan fingerprint density at radius 2 is 1.75 bits per heavy atom. The van der Waals surface area contributed by atoms with E-state index < -0.39 is 6.29 Å². The highest BCUT2D eigenvalue weighted by atomic mass is 16.5. The number of aliphatic hydroxyl groups is 2. The Labute approximate surface area is 70.3 Å². The van der Waals surface area contributed by atoms with Crippen molar-refractivity contribution >= 4 is 5.78 Å². The van der Waals surface area contributed by atoms with E-state index >= 15 is 0 Å². The van der Waals surface area contributed by atoms with Gasteiger partial charge in [0.1, 0.15) is 0 Å². The molecule has 0 bridgehead atoms. The summed E-state index contributed by atoms with van der Waals surface area (Å²) in [5.74, 6) is -0.0334. The van der Waals surface area contributed by atoms with E-state index in [2.05, 4.69) is 0 Å². The average Bonchev–Trinajstić information content (AvgIpc) is 2.04. The van der Waals surface area contributed by atoms with Gasteiger partial charge in [-0.2, -0.15) is 0 Å². The molecule has 1 rings (SSSR count). The first-order valence-corrected chi connectivity index (χ1v) is 3.58. The molecule has 12 heavy (non-hydrogen) atoms. The minimum Gasteiger partial charge on any atom is -0.364 e. The Morgan fingerprint density at radius 1 is 1.25 bits per heavy atom. The fourth-order valence-electron chi connectivity index (χ4n) is 0.890. The zero-order valence-electron chi connectivity index (χ0n) is 6.69. The van der Waals surface area contributed by atoms with Crippen molar-refractivity contribution in [2.45, 2.75) is 13.2 Å². The molecule has 0 aliphatic rings. The number of rotatable bonds is 2. The van der Waals surface area contributed by atoms with Crippen molar-refractivity contribution in [1.82, 2.24) is 0 Å². The minimum absolute atomic E-state index is 0.0334. The van der Waals surface area contributed by atoms with Crippen LogP contribution in [-0.2, 0) is 0 Å². The molecule has 0 spiro atoms. The fraction of sp³-hybridized carbons (Fsp3) is 0.222. The summed E-state index contributed by atoms with van der Waals surface area (Å²) < 4.78 is 0. The molecular weight excluding hydrogens is 156 g/mol. The van der Waals surface area contributed by atoms with E-state index in [1.807, 2.05) is 0 Å². The summed E-state index contributed by atoms with van der Waals surface area (Å²) in [6.07, 6.45) is -1.47. The molecule has 0 saturated heterocycles. The van der Waals surface area contributed by atoms with Crippen molar-refractivity contribution < 1.29 is 15.0 Å². The topological polar surface area (TPSA) is 57.5 Å². The maximum Gasteiger partial charge on any atom is 0.178 e. The number of carbonyl (C=O) groups excluding carboxylic acids is 1. The maximum absolute atomic E-state index is 10.8. The molecule has 0 aliphatic heterocycles. The second-order valence-corrected chi connectivity index (χ2v) is 2.55. The molecule has 0 aliphatic carbocycles. The summed E-state index contributed by atoms with van der Waals surface area (Å²) in [6.45, 7) is 1.46. The van der Waals surface area contributed by atoms with Gasteiger partial charge in [-0.25, -0.2) is 0 Å². The maximum atomic E-state index is 10.8. The highest BCUT2D eigenvalue weighted by Gasteiger charge is 2.02. The van der Waals surface area contributed by atoms with Crippen LogP contribution in [0, 0.1) is 0 Å². The standard InChI is InChI=1S/C9H10O3/c1-6(10)7-2-4-8(5-3-7)9(11)12/h2-5,9,11-12H,1H3. The molecule has 64 valence electrons. The minimum atomic E-state index is -1.47. The summed E-state index contributed by atoms with van der Waals surface area (Å²) >= 11 is 0. The Bertz CT molecular complexity index is 274. The number of ketones is 1. The van der Waals surface area contributed by atoms with Crippen molar-refractivity contribution in [1.29, 1.82) is 0 Å². The number of carbonyl (C=O) groups is 1. The first-order valence-electron chi connectivity index (χ1n) is 3.58. The molecule has 0 saturated carbocycles. The van der Waals surface area contributed by atoms with Crippen LogP contribution in [0.5, 0.6) is 0 Å². The van der Waals surface area contributed by atoms with Gasteiger partial charge >= 0.3 is 0 Å². The zero-order valence-corrected chi connectivity index (χ0v) is 6.69. The average molecular weight is 166 g/mol. The third-order valence-electron chi connectivity index (χ3n) is 1.62. The normalized spacial score (nSPS) is 10.3. The van der Waals surface area contributed by atoms with E-state index in [0.717, 1.165) is 0 Å². The van der Waals surface area contributed by atoms with Gasteiger partial charge in [-0.05, 0) is 6.92 Å². The molecule has 1 aromatic rings. The highest BCUT2D eigenvalue weighted by molar-refractivity contribution is 5.93. The van der Waals surface area contributed by atoms with Gasteiger partial charge in [0.05, 0.1) is 0 Å². The Balaban J connectivity index is 2.93. The van der Waals surface area contributed by atoms with Crippen LogP contribution in [0.3, 0.4) is 0 Å². The van der Waals surface area contributed by atoms with Gasteiger partial charge < -0.3 is 10.2 Å². The Hall–Kier alpha value is -1.19. The number of hydrogen-bond acceptors (Lipinski definition) is 3. The second-order valence-electron chi connectivity index (χ2n) is 2.55. The first kappa shape index (κ1) is 8.90. The zero-order chi connectivity index (χ0) is 9.14. The van der Waals surface area contributed by atoms with Gasteiger partial charge in [0.2, 0.25) is 0 Å². The van der Waals surface area contributed by atoms with Crippen molar-refractivity contribution in [3.8, 4) is 0 Å². The molecule has 0 unspecified atom stereocenters. The van der Waals surface area contributed by atoms with Gasteiger partial charge in [0.25, 0.3) is 0 Å². The molecule has 0 amide bonds.